The molecule has 1 heterocycles. The number of thiazole rings is 1. The zero-order valence-corrected chi connectivity index (χ0v) is 10.8. The monoisotopic (exact) mass is 262 g/mol. The Morgan fingerprint density at radius 1 is 1.50 bits per heavy atom. The number of hydrogen-bond donors (Lipinski definition) is 2. The number of phenols is 1. The standard InChI is InChI=1S/C13H14N2O2S/c1-2-11-7-14-12(18-11)8-15-13(17)9-4-3-5-10(16)6-9/h3-7,16H,2,8H2,1H3,(H,15,17). The number of aromatic hydroxyl groups is 1. The lowest BCUT2D eigenvalue weighted by Crippen LogP contribution is -2.22. The number of nitrogens with zero attached hydrogens (tertiary/aromatic N) is 1. The van der Waals surface area contributed by atoms with Crippen LogP contribution in [0.4, 0.5) is 0 Å². The first-order valence-electron chi connectivity index (χ1n) is 5.70. The molecule has 0 fully saturated rings. The number of nitrogens with one attached hydrogen (secondary N) is 1. The highest BCUT2D eigenvalue weighted by molar-refractivity contribution is 7.11. The molecule has 1 amide bonds. The number of aromatic nitrogens is 1. The molecule has 0 radical (unpaired) electrons. The van der Waals surface area contributed by atoms with Crippen LogP contribution < -0.4 is 5.32 Å². The zero-order valence-electron chi connectivity index (χ0n) is 10.0. The predicted molar refractivity (Wildman–Crippen MR) is 70.8 cm³/mol. The van der Waals surface area contributed by atoms with E-state index in [0.717, 1.165) is 11.4 Å². The first-order chi connectivity index (χ1) is 8.69. The van der Waals surface area contributed by atoms with Crippen molar-refractivity contribution in [1.29, 1.82) is 0 Å². The van der Waals surface area contributed by atoms with E-state index in [0.29, 0.717) is 12.1 Å². The molecule has 0 atom stereocenters. The number of aryl methyl sites for hydroxylation is 1. The Labute approximate surface area is 109 Å². The molecule has 0 aliphatic rings. The molecule has 2 N–H and O–H groups in total. The van der Waals surface area contributed by atoms with E-state index < -0.39 is 0 Å². The minimum atomic E-state index is -0.209. The fourth-order valence-corrected chi connectivity index (χ4v) is 2.30. The van der Waals surface area contributed by atoms with Gasteiger partial charge in [0.2, 0.25) is 0 Å². The van der Waals surface area contributed by atoms with Crippen molar-refractivity contribution < 1.29 is 9.90 Å². The van der Waals surface area contributed by atoms with Crippen molar-refractivity contribution in [3.63, 3.8) is 0 Å². The maximum absolute atomic E-state index is 11.8. The van der Waals surface area contributed by atoms with Crippen LogP contribution in [-0.2, 0) is 13.0 Å². The van der Waals surface area contributed by atoms with Crippen molar-refractivity contribution >= 4 is 17.2 Å². The molecule has 2 aromatic rings. The molecule has 0 spiro atoms. The second-order valence-corrected chi connectivity index (χ2v) is 5.01. The van der Waals surface area contributed by atoms with Crippen LogP contribution in [0.2, 0.25) is 0 Å². The molecule has 1 aromatic carbocycles. The van der Waals surface area contributed by atoms with Gasteiger partial charge in [-0.15, -0.1) is 11.3 Å². The summed E-state index contributed by atoms with van der Waals surface area (Å²) in [5, 5.41) is 13.0. The molecule has 94 valence electrons. The Hall–Kier alpha value is -1.88. The van der Waals surface area contributed by atoms with Crippen molar-refractivity contribution in [2.24, 2.45) is 0 Å². The van der Waals surface area contributed by atoms with E-state index >= 15 is 0 Å². The van der Waals surface area contributed by atoms with Gasteiger partial charge in [0.05, 0.1) is 6.54 Å². The van der Waals surface area contributed by atoms with Crippen LogP contribution >= 0.6 is 11.3 Å². The molecule has 4 nitrogen and oxygen atoms in total. The van der Waals surface area contributed by atoms with Gasteiger partial charge < -0.3 is 10.4 Å². The molecule has 5 heteroatoms. The zero-order chi connectivity index (χ0) is 13.0. The maximum atomic E-state index is 11.8. The lowest BCUT2D eigenvalue weighted by Gasteiger charge is -2.03. The van der Waals surface area contributed by atoms with E-state index in [9.17, 15) is 9.90 Å². The summed E-state index contributed by atoms with van der Waals surface area (Å²) >= 11 is 1.60. The summed E-state index contributed by atoms with van der Waals surface area (Å²) in [6.45, 7) is 2.49. The van der Waals surface area contributed by atoms with Crippen molar-refractivity contribution in [3.8, 4) is 5.75 Å². The summed E-state index contributed by atoms with van der Waals surface area (Å²) in [4.78, 5) is 17.2. The average Bonchev–Trinajstić information content (AvgIpc) is 2.84. The summed E-state index contributed by atoms with van der Waals surface area (Å²) < 4.78 is 0. The quantitative estimate of drug-likeness (QED) is 0.889. The Bertz CT molecular complexity index is 551. The van der Waals surface area contributed by atoms with Crippen LogP contribution in [0.1, 0.15) is 27.2 Å². The van der Waals surface area contributed by atoms with Crippen molar-refractivity contribution in [3.05, 3.63) is 45.9 Å². The molecular formula is C13H14N2O2S. The first kappa shape index (κ1) is 12.6. The van der Waals surface area contributed by atoms with Crippen LogP contribution in [0.5, 0.6) is 5.75 Å². The summed E-state index contributed by atoms with van der Waals surface area (Å²) in [7, 11) is 0. The van der Waals surface area contributed by atoms with Gasteiger partial charge in [-0.3, -0.25) is 4.79 Å². The van der Waals surface area contributed by atoms with Gasteiger partial charge in [-0.25, -0.2) is 4.98 Å². The van der Waals surface area contributed by atoms with Crippen LogP contribution in [0.25, 0.3) is 0 Å². The van der Waals surface area contributed by atoms with Gasteiger partial charge in [0.15, 0.2) is 0 Å². The Morgan fingerprint density at radius 2 is 2.33 bits per heavy atom. The molecule has 1 aromatic heterocycles. The van der Waals surface area contributed by atoms with E-state index in [1.165, 1.54) is 17.0 Å². The van der Waals surface area contributed by atoms with Gasteiger partial charge in [0.25, 0.3) is 5.91 Å². The Kier molecular flexibility index (Phi) is 3.94. The topological polar surface area (TPSA) is 62.2 Å². The van der Waals surface area contributed by atoms with E-state index in [1.807, 2.05) is 6.20 Å². The first-order valence-corrected chi connectivity index (χ1v) is 6.51. The largest absolute Gasteiger partial charge is 0.508 e. The van der Waals surface area contributed by atoms with Crippen LogP contribution in [0.3, 0.4) is 0 Å². The fourth-order valence-electron chi connectivity index (χ4n) is 1.50. The van der Waals surface area contributed by atoms with Crippen LogP contribution in [0.15, 0.2) is 30.5 Å². The van der Waals surface area contributed by atoms with Gasteiger partial charge in [0.1, 0.15) is 10.8 Å². The van der Waals surface area contributed by atoms with Gasteiger partial charge in [0, 0.05) is 16.6 Å². The van der Waals surface area contributed by atoms with Gasteiger partial charge in [-0.05, 0) is 24.6 Å². The van der Waals surface area contributed by atoms with Crippen molar-refractivity contribution in [2.45, 2.75) is 19.9 Å². The normalized spacial score (nSPS) is 10.3. The second-order valence-electron chi connectivity index (χ2n) is 3.81. The molecule has 0 aliphatic carbocycles. The Morgan fingerprint density at radius 3 is 3.00 bits per heavy atom. The number of carbonyl (C=O) groups excluding carboxylic acids is 1. The number of rotatable bonds is 4. The maximum Gasteiger partial charge on any atom is 0.251 e. The molecule has 18 heavy (non-hydrogen) atoms. The van der Waals surface area contributed by atoms with Gasteiger partial charge >= 0.3 is 0 Å². The Balaban J connectivity index is 1.96. The van der Waals surface area contributed by atoms with E-state index in [1.54, 1.807) is 23.5 Å². The third kappa shape index (κ3) is 3.07. The smallest absolute Gasteiger partial charge is 0.251 e. The van der Waals surface area contributed by atoms with E-state index in [-0.39, 0.29) is 11.7 Å². The van der Waals surface area contributed by atoms with Crippen molar-refractivity contribution in [2.75, 3.05) is 0 Å². The fraction of sp³-hybridized carbons (Fsp3) is 0.231. The highest BCUT2D eigenvalue weighted by Crippen LogP contribution is 2.14. The molecule has 0 aliphatic heterocycles. The van der Waals surface area contributed by atoms with Crippen LogP contribution in [-0.4, -0.2) is 16.0 Å². The minimum absolute atomic E-state index is 0.0881. The number of phenolic OH excluding ortho intramolecular Hbond substituents is 1. The third-order valence-electron chi connectivity index (χ3n) is 2.46. The molecule has 2 rings (SSSR count). The number of carbonyl (C=O) groups is 1. The summed E-state index contributed by atoms with van der Waals surface area (Å²) in [6.07, 6.45) is 2.79. The SMILES string of the molecule is CCc1cnc(CNC(=O)c2cccc(O)c2)s1. The lowest BCUT2D eigenvalue weighted by atomic mass is 10.2. The number of hydrogen-bond acceptors (Lipinski definition) is 4. The van der Waals surface area contributed by atoms with E-state index in [2.05, 4.69) is 17.2 Å². The number of benzene rings is 1. The van der Waals surface area contributed by atoms with Gasteiger partial charge in [-0.2, -0.15) is 0 Å². The summed E-state index contributed by atoms with van der Waals surface area (Å²) in [5.41, 5.74) is 0.447. The minimum Gasteiger partial charge on any atom is -0.508 e. The van der Waals surface area contributed by atoms with Gasteiger partial charge in [-0.1, -0.05) is 13.0 Å². The number of amides is 1. The highest BCUT2D eigenvalue weighted by Gasteiger charge is 2.07. The second kappa shape index (κ2) is 5.64. The molecule has 0 saturated carbocycles. The summed E-state index contributed by atoms with van der Waals surface area (Å²) in [6, 6.07) is 6.27. The summed E-state index contributed by atoms with van der Waals surface area (Å²) in [5.74, 6) is -0.121. The average molecular weight is 262 g/mol. The predicted octanol–water partition coefficient (Wildman–Crippen LogP) is 2.34. The molecular weight excluding hydrogens is 248 g/mol. The molecule has 0 saturated heterocycles. The highest BCUT2D eigenvalue weighted by atomic mass is 32.1. The van der Waals surface area contributed by atoms with Crippen LogP contribution in [0, 0.1) is 0 Å². The molecule has 0 unspecified atom stereocenters. The van der Waals surface area contributed by atoms with E-state index in [4.69, 9.17) is 0 Å². The van der Waals surface area contributed by atoms with Crippen molar-refractivity contribution in [1.82, 2.24) is 10.3 Å². The molecule has 0 bridgehead atoms. The third-order valence-corrected chi connectivity index (χ3v) is 3.60. The lowest BCUT2D eigenvalue weighted by molar-refractivity contribution is 0.0950.